The Bertz CT molecular complexity index is 595. The fraction of sp³-hybridized carbons (Fsp3) is 0.750. The lowest BCUT2D eigenvalue weighted by Crippen LogP contribution is -2.45. The van der Waals surface area contributed by atoms with Crippen LogP contribution in [-0.4, -0.2) is 67.2 Å². The molecule has 1 aliphatic heterocycles. The van der Waals surface area contributed by atoms with E-state index in [0.717, 1.165) is 44.1 Å². The van der Waals surface area contributed by atoms with Crippen LogP contribution in [0.5, 0.6) is 0 Å². The molecule has 168 valence electrons. The molecule has 1 N–H and O–H groups in total. The second-order valence-corrected chi connectivity index (χ2v) is 7.53. The van der Waals surface area contributed by atoms with Crippen LogP contribution < -0.4 is 5.32 Å². The summed E-state index contributed by atoms with van der Waals surface area (Å²) in [5, 5.41) is 3.47. The van der Waals surface area contributed by atoms with Crippen LogP contribution in [0.25, 0.3) is 0 Å². The number of nitrogens with one attached hydrogen (secondary N) is 1. The lowest BCUT2D eigenvalue weighted by Gasteiger charge is -2.27. The van der Waals surface area contributed by atoms with E-state index in [1.165, 1.54) is 4.90 Å². The van der Waals surface area contributed by atoms with Gasteiger partial charge in [0, 0.05) is 38.6 Å². The number of likely N-dealkylation sites (tertiary alicyclic amines) is 1. The Morgan fingerprint density at radius 2 is 2.17 bits per heavy atom. The summed E-state index contributed by atoms with van der Waals surface area (Å²) in [7, 11) is 0. The minimum atomic E-state index is -4.15. The Morgan fingerprint density at radius 3 is 2.76 bits per heavy atom. The Morgan fingerprint density at radius 1 is 1.41 bits per heavy atom. The standard InChI is InChI=1S/C20H33F3N4O.HI/c1-4-16(3)25-19(24-10-8-18-7-6-12-28-18)27-11-9-17(14-27)13-26(5-2)15-20(21,22)23;/h6-7,12,16-17H,4-5,8-11,13-15H2,1-3H3,(H,24,25);1H. The maximum atomic E-state index is 12.7. The molecule has 1 aliphatic rings. The van der Waals surface area contributed by atoms with Crippen molar-refractivity contribution in [3.8, 4) is 0 Å². The molecule has 0 amide bonds. The molecule has 1 aromatic rings. The van der Waals surface area contributed by atoms with Crippen molar-refractivity contribution < 1.29 is 17.6 Å². The first-order valence-corrected chi connectivity index (χ1v) is 10.2. The maximum Gasteiger partial charge on any atom is 0.401 e. The first-order chi connectivity index (χ1) is 13.3. The summed E-state index contributed by atoms with van der Waals surface area (Å²) in [6.45, 7) is 8.20. The molecule has 0 aromatic carbocycles. The van der Waals surface area contributed by atoms with E-state index in [0.29, 0.717) is 25.7 Å². The highest BCUT2D eigenvalue weighted by Gasteiger charge is 2.33. The summed E-state index contributed by atoms with van der Waals surface area (Å²) in [5.74, 6) is 1.97. The van der Waals surface area contributed by atoms with Gasteiger partial charge in [-0.1, -0.05) is 13.8 Å². The lowest BCUT2D eigenvalue weighted by atomic mass is 10.1. The SMILES string of the molecule is CCC(C)NC(=NCCc1ccco1)N1CCC(CN(CC)CC(F)(F)F)C1.I. The number of rotatable bonds is 9. The predicted molar refractivity (Wildman–Crippen MR) is 121 cm³/mol. The lowest BCUT2D eigenvalue weighted by molar-refractivity contribution is -0.146. The fourth-order valence-corrected chi connectivity index (χ4v) is 3.38. The van der Waals surface area contributed by atoms with E-state index in [2.05, 4.69) is 24.1 Å². The zero-order chi connectivity index (χ0) is 20.6. The zero-order valence-corrected chi connectivity index (χ0v) is 19.9. The molecule has 0 bridgehead atoms. The molecule has 5 nitrogen and oxygen atoms in total. The van der Waals surface area contributed by atoms with Gasteiger partial charge in [-0.15, -0.1) is 24.0 Å². The summed E-state index contributed by atoms with van der Waals surface area (Å²) in [4.78, 5) is 8.41. The second-order valence-electron chi connectivity index (χ2n) is 7.53. The van der Waals surface area contributed by atoms with Gasteiger partial charge in [-0.2, -0.15) is 13.2 Å². The number of furan rings is 1. The van der Waals surface area contributed by atoms with E-state index in [9.17, 15) is 13.2 Å². The van der Waals surface area contributed by atoms with Crippen LogP contribution in [0.4, 0.5) is 13.2 Å². The van der Waals surface area contributed by atoms with Crippen molar-refractivity contribution in [2.75, 3.05) is 39.3 Å². The zero-order valence-electron chi connectivity index (χ0n) is 17.5. The molecule has 2 unspecified atom stereocenters. The van der Waals surface area contributed by atoms with E-state index in [4.69, 9.17) is 9.41 Å². The first kappa shape index (κ1) is 26.1. The van der Waals surface area contributed by atoms with Gasteiger partial charge in [0.1, 0.15) is 5.76 Å². The topological polar surface area (TPSA) is 44.0 Å². The van der Waals surface area contributed by atoms with Crippen LogP contribution in [0, 0.1) is 5.92 Å². The van der Waals surface area contributed by atoms with Crippen molar-refractivity contribution in [1.82, 2.24) is 15.1 Å². The van der Waals surface area contributed by atoms with Crippen molar-refractivity contribution in [3.63, 3.8) is 0 Å². The maximum absolute atomic E-state index is 12.7. The van der Waals surface area contributed by atoms with Gasteiger partial charge >= 0.3 is 6.18 Å². The monoisotopic (exact) mass is 530 g/mol. The average Bonchev–Trinajstić information content (AvgIpc) is 3.31. The Hall–Kier alpha value is -0.970. The third-order valence-electron chi connectivity index (χ3n) is 5.14. The van der Waals surface area contributed by atoms with Gasteiger partial charge < -0.3 is 14.6 Å². The molecule has 0 aliphatic carbocycles. The highest BCUT2D eigenvalue weighted by Crippen LogP contribution is 2.21. The van der Waals surface area contributed by atoms with Crippen LogP contribution in [0.2, 0.25) is 0 Å². The van der Waals surface area contributed by atoms with Crippen LogP contribution >= 0.6 is 24.0 Å². The van der Waals surface area contributed by atoms with Crippen LogP contribution in [0.15, 0.2) is 27.8 Å². The Labute approximate surface area is 189 Å². The number of aliphatic imine (C=N–C) groups is 1. The highest BCUT2D eigenvalue weighted by atomic mass is 127. The third-order valence-corrected chi connectivity index (χ3v) is 5.14. The molecular weight excluding hydrogens is 496 g/mol. The highest BCUT2D eigenvalue weighted by molar-refractivity contribution is 14.0. The van der Waals surface area contributed by atoms with Gasteiger partial charge in [0.2, 0.25) is 0 Å². The molecule has 29 heavy (non-hydrogen) atoms. The van der Waals surface area contributed by atoms with Crippen LogP contribution in [0.3, 0.4) is 0 Å². The molecule has 9 heteroatoms. The molecular formula is C20H34F3IN4O. The molecule has 1 fully saturated rings. The molecule has 1 saturated heterocycles. The number of halogens is 4. The summed E-state index contributed by atoms with van der Waals surface area (Å²) in [5.41, 5.74) is 0. The minimum Gasteiger partial charge on any atom is -0.469 e. The molecule has 0 spiro atoms. The number of hydrogen-bond acceptors (Lipinski definition) is 3. The van der Waals surface area contributed by atoms with Gasteiger partial charge in [0.25, 0.3) is 0 Å². The van der Waals surface area contributed by atoms with Gasteiger partial charge in [-0.05, 0) is 44.4 Å². The normalized spacial score (nSPS) is 18.8. The summed E-state index contributed by atoms with van der Waals surface area (Å²) >= 11 is 0. The van der Waals surface area contributed by atoms with Crippen molar-refractivity contribution in [2.45, 2.75) is 52.3 Å². The molecule has 0 saturated carbocycles. The first-order valence-electron chi connectivity index (χ1n) is 10.2. The number of nitrogens with zero attached hydrogens (tertiary/aromatic N) is 3. The largest absolute Gasteiger partial charge is 0.469 e. The van der Waals surface area contributed by atoms with Gasteiger partial charge in [0.15, 0.2) is 5.96 Å². The van der Waals surface area contributed by atoms with Gasteiger partial charge in [-0.25, -0.2) is 0 Å². The van der Waals surface area contributed by atoms with Crippen LogP contribution in [0.1, 0.15) is 39.4 Å². The fourth-order valence-electron chi connectivity index (χ4n) is 3.38. The second kappa shape index (κ2) is 12.7. The van der Waals surface area contributed by atoms with Gasteiger partial charge in [-0.3, -0.25) is 9.89 Å². The minimum absolute atomic E-state index is 0. The molecule has 2 rings (SSSR count). The number of hydrogen-bond donors (Lipinski definition) is 1. The predicted octanol–water partition coefficient (Wildman–Crippen LogP) is 4.39. The summed E-state index contributed by atoms with van der Waals surface area (Å²) < 4.78 is 43.5. The quantitative estimate of drug-likeness (QED) is 0.292. The number of alkyl halides is 3. The Balaban J connectivity index is 0.00000420. The van der Waals surface area contributed by atoms with Crippen molar-refractivity contribution in [2.24, 2.45) is 10.9 Å². The van der Waals surface area contributed by atoms with E-state index in [-0.39, 0.29) is 29.9 Å². The van der Waals surface area contributed by atoms with Crippen molar-refractivity contribution >= 4 is 29.9 Å². The smallest absolute Gasteiger partial charge is 0.401 e. The van der Waals surface area contributed by atoms with Gasteiger partial charge in [0.05, 0.1) is 12.8 Å². The Kier molecular flexibility index (Phi) is 11.4. The molecule has 0 radical (unpaired) electrons. The van der Waals surface area contributed by atoms with Crippen molar-refractivity contribution in [3.05, 3.63) is 24.2 Å². The van der Waals surface area contributed by atoms with E-state index < -0.39 is 12.7 Å². The van der Waals surface area contributed by atoms with E-state index in [1.54, 1.807) is 13.2 Å². The molecule has 2 atom stereocenters. The molecule has 1 aromatic heterocycles. The summed E-state index contributed by atoms with van der Waals surface area (Å²) in [6.07, 6.45) is 0.0936. The van der Waals surface area contributed by atoms with E-state index >= 15 is 0 Å². The van der Waals surface area contributed by atoms with E-state index in [1.807, 2.05) is 12.1 Å². The number of guanidine groups is 1. The molecule has 2 heterocycles. The van der Waals surface area contributed by atoms with Crippen molar-refractivity contribution in [1.29, 1.82) is 0 Å². The third kappa shape index (κ3) is 9.59. The van der Waals surface area contributed by atoms with Crippen LogP contribution in [-0.2, 0) is 6.42 Å². The summed E-state index contributed by atoms with van der Waals surface area (Å²) in [6, 6.07) is 4.09. The average molecular weight is 530 g/mol.